The van der Waals surface area contributed by atoms with Gasteiger partial charge >= 0.3 is 12.4 Å². The summed E-state index contributed by atoms with van der Waals surface area (Å²) >= 11 is 0. The molecule has 1 heterocycles. The van der Waals surface area contributed by atoms with Gasteiger partial charge in [-0.05, 0) is 19.1 Å². The van der Waals surface area contributed by atoms with Crippen LogP contribution in [0.2, 0.25) is 0 Å². The van der Waals surface area contributed by atoms with E-state index >= 15 is 0 Å². The first-order valence-electron chi connectivity index (χ1n) is 6.85. The second-order valence-electron chi connectivity index (χ2n) is 4.78. The van der Waals surface area contributed by atoms with Gasteiger partial charge in [0.05, 0.1) is 11.3 Å². The van der Waals surface area contributed by atoms with Crippen molar-refractivity contribution < 1.29 is 30.7 Å². The summed E-state index contributed by atoms with van der Waals surface area (Å²) in [7, 11) is 0. The van der Waals surface area contributed by atoms with E-state index in [1.165, 1.54) is 0 Å². The Bertz CT molecular complexity index is 756. The zero-order valence-electron chi connectivity index (χ0n) is 12.6. The Labute approximate surface area is 137 Å². The first kappa shape index (κ1) is 18.7. The second kappa shape index (κ2) is 6.73. The summed E-state index contributed by atoms with van der Waals surface area (Å²) in [5.74, 6) is -2.37. The van der Waals surface area contributed by atoms with Gasteiger partial charge in [0.25, 0.3) is 0 Å². The SMILES string of the molecule is CCNc1nc(Nc2c(F)cccc2C(F)(F)F)cc(C(F)(F)F)n1. The van der Waals surface area contributed by atoms with E-state index in [1.54, 1.807) is 6.92 Å². The number of rotatable bonds is 4. The zero-order chi connectivity index (χ0) is 18.8. The maximum atomic E-state index is 13.8. The Hall–Kier alpha value is -2.59. The molecule has 11 heteroatoms. The maximum Gasteiger partial charge on any atom is 0.433 e. The predicted molar refractivity (Wildman–Crippen MR) is 75.9 cm³/mol. The minimum atomic E-state index is -4.91. The zero-order valence-corrected chi connectivity index (χ0v) is 12.6. The molecule has 0 fully saturated rings. The Balaban J connectivity index is 2.52. The van der Waals surface area contributed by atoms with Gasteiger partial charge in [-0.2, -0.15) is 31.3 Å². The smallest absolute Gasteiger partial charge is 0.354 e. The highest BCUT2D eigenvalue weighted by molar-refractivity contribution is 5.63. The Morgan fingerprint density at radius 1 is 1.00 bits per heavy atom. The monoisotopic (exact) mass is 368 g/mol. The number of alkyl halides is 6. The molecule has 0 saturated heterocycles. The highest BCUT2D eigenvalue weighted by Crippen LogP contribution is 2.38. The average Bonchev–Trinajstić information content (AvgIpc) is 2.47. The second-order valence-corrected chi connectivity index (χ2v) is 4.78. The third kappa shape index (κ3) is 4.48. The first-order valence-corrected chi connectivity index (χ1v) is 6.85. The van der Waals surface area contributed by atoms with Crippen LogP contribution >= 0.6 is 0 Å². The van der Waals surface area contributed by atoms with E-state index in [1.807, 2.05) is 5.32 Å². The van der Waals surface area contributed by atoms with Crippen molar-refractivity contribution in [2.45, 2.75) is 19.3 Å². The number of nitrogens with one attached hydrogen (secondary N) is 2. The molecule has 0 spiro atoms. The summed E-state index contributed by atoms with van der Waals surface area (Å²) in [5, 5.41) is 4.40. The molecular weight excluding hydrogens is 357 g/mol. The summed E-state index contributed by atoms with van der Waals surface area (Å²) in [6.45, 7) is 1.74. The van der Waals surface area contributed by atoms with Gasteiger partial charge in [0.2, 0.25) is 5.95 Å². The molecule has 0 bridgehead atoms. The lowest BCUT2D eigenvalue weighted by molar-refractivity contribution is -0.141. The van der Waals surface area contributed by atoms with E-state index in [0.29, 0.717) is 12.1 Å². The lowest BCUT2D eigenvalue weighted by atomic mass is 10.1. The lowest BCUT2D eigenvalue weighted by Gasteiger charge is -2.16. The molecule has 0 aliphatic rings. The van der Waals surface area contributed by atoms with Crippen molar-refractivity contribution >= 4 is 17.5 Å². The van der Waals surface area contributed by atoms with Crippen LogP contribution in [0, 0.1) is 5.82 Å². The van der Waals surface area contributed by atoms with Crippen LogP contribution < -0.4 is 10.6 Å². The van der Waals surface area contributed by atoms with E-state index in [9.17, 15) is 30.7 Å². The van der Waals surface area contributed by atoms with Gasteiger partial charge in [0.15, 0.2) is 5.69 Å². The Morgan fingerprint density at radius 3 is 2.24 bits per heavy atom. The molecule has 2 rings (SSSR count). The number of nitrogens with zero attached hydrogens (tertiary/aromatic N) is 2. The van der Waals surface area contributed by atoms with E-state index < -0.39 is 46.9 Å². The van der Waals surface area contributed by atoms with E-state index in [4.69, 9.17) is 0 Å². The van der Waals surface area contributed by atoms with Crippen LogP contribution in [0.25, 0.3) is 0 Å². The molecular formula is C14H11F7N4. The molecule has 1 aromatic heterocycles. The van der Waals surface area contributed by atoms with Crippen molar-refractivity contribution in [2.24, 2.45) is 0 Å². The van der Waals surface area contributed by atoms with Crippen molar-refractivity contribution in [3.8, 4) is 0 Å². The minimum absolute atomic E-state index is 0.175. The van der Waals surface area contributed by atoms with Gasteiger partial charge in [-0.25, -0.2) is 9.37 Å². The van der Waals surface area contributed by atoms with E-state index in [-0.39, 0.29) is 6.54 Å². The topological polar surface area (TPSA) is 49.8 Å². The fourth-order valence-corrected chi connectivity index (χ4v) is 1.91. The molecule has 2 aromatic rings. The van der Waals surface area contributed by atoms with Crippen LogP contribution in [0.1, 0.15) is 18.2 Å². The summed E-state index contributed by atoms with van der Waals surface area (Å²) < 4.78 is 91.3. The molecule has 0 aliphatic carbocycles. The molecule has 4 nitrogen and oxygen atoms in total. The van der Waals surface area contributed by atoms with Crippen LogP contribution in [0.4, 0.5) is 48.2 Å². The number of halogens is 7. The average molecular weight is 368 g/mol. The molecule has 0 amide bonds. The largest absolute Gasteiger partial charge is 0.433 e. The molecule has 1 aromatic carbocycles. The summed E-state index contributed by atoms with van der Waals surface area (Å²) in [4.78, 5) is 6.86. The molecule has 0 aliphatic heterocycles. The van der Waals surface area contributed by atoms with Crippen LogP contribution in [-0.2, 0) is 12.4 Å². The van der Waals surface area contributed by atoms with Crippen LogP contribution in [0.15, 0.2) is 24.3 Å². The van der Waals surface area contributed by atoms with Gasteiger partial charge in [-0.15, -0.1) is 0 Å². The Kier molecular flexibility index (Phi) is 5.04. The molecule has 0 saturated carbocycles. The van der Waals surface area contributed by atoms with Gasteiger partial charge in [-0.1, -0.05) is 6.07 Å². The molecule has 0 atom stereocenters. The molecule has 2 N–H and O–H groups in total. The highest BCUT2D eigenvalue weighted by Gasteiger charge is 2.36. The standard InChI is InChI=1S/C14H11F7N4/c1-2-22-12-23-9(14(19,20)21)6-10(25-12)24-11-7(13(16,17)18)4-3-5-8(11)15/h3-6H,2H2,1H3,(H2,22,23,24,25). The van der Waals surface area contributed by atoms with Gasteiger partial charge in [0.1, 0.15) is 11.6 Å². The normalized spacial score (nSPS) is 12.2. The van der Waals surface area contributed by atoms with Crippen LogP contribution in [0.5, 0.6) is 0 Å². The van der Waals surface area contributed by atoms with Gasteiger partial charge < -0.3 is 10.6 Å². The summed E-state index contributed by atoms with van der Waals surface area (Å²) in [6.07, 6.45) is -9.76. The molecule has 0 radical (unpaired) electrons. The predicted octanol–water partition coefficient (Wildman–Crippen LogP) is 4.83. The number of hydrogen-bond donors (Lipinski definition) is 2. The third-order valence-corrected chi connectivity index (χ3v) is 2.92. The van der Waals surface area contributed by atoms with E-state index in [2.05, 4.69) is 15.3 Å². The van der Waals surface area contributed by atoms with Crippen molar-refractivity contribution in [3.63, 3.8) is 0 Å². The van der Waals surface area contributed by atoms with Gasteiger partial charge in [0, 0.05) is 12.6 Å². The van der Waals surface area contributed by atoms with Gasteiger partial charge in [-0.3, -0.25) is 0 Å². The fourth-order valence-electron chi connectivity index (χ4n) is 1.91. The number of aromatic nitrogens is 2. The highest BCUT2D eigenvalue weighted by atomic mass is 19.4. The van der Waals surface area contributed by atoms with Crippen molar-refractivity contribution in [1.29, 1.82) is 0 Å². The minimum Gasteiger partial charge on any atom is -0.354 e. The summed E-state index contributed by atoms with van der Waals surface area (Å²) in [5.41, 5.74) is -3.78. The van der Waals surface area contributed by atoms with Crippen LogP contribution in [0.3, 0.4) is 0 Å². The number of para-hydroxylation sites is 1. The van der Waals surface area contributed by atoms with Crippen molar-refractivity contribution in [1.82, 2.24) is 9.97 Å². The van der Waals surface area contributed by atoms with Crippen molar-refractivity contribution in [2.75, 3.05) is 17.2 Å². The first-order chi connectivity index (χ1) is 11.5. The molecule has 0 unspecified atom stereocenters. The Morgan fingerprint density at radius 2 is 1.68 bits per heavy atom. The fraction of sp³-hybridized carbons (Fsp3) is 0.286. The number of benzene rings is 1. The number of anilines is 3. The molecule has 136 valence electrons. The lowest BCUT2D eigenvalue weighted by Crippen LogP contribution is -2.15. The quantitative estimate of drug-likeness (QED) is 0.759. The maximum absolute atomic E-state index is 13.8. The van der Waals surface area contributed by atoms with Crippen molar-refractivity contribution in [3.05, 3.63) is 41.3 Å². The van der Waals surface area contributed by atoms with Crippen LogP contribution in [-0.4, -0.2) is 16.5 Å². The van der Waals surface area contributed by atoms with E-state index in [0.717, 1.165) is 12.1 Å². The third-order valence-electron chi connectivity index (χ3n) is 2.92. The summed E-state index contributed by atoms with van der Waals surface area (Å²) in [6, 6.07) is 2.58. The number of hydrogen-bond acceptors (Lipinski definition) is 4. The molecule has 25 heavy (non-hydrogen) atoms.